The van der Waals surface area contributed by atoms with Crippen molar-refractivity contribution < 1.29 is 0 Å². The fraction of sp³-hybridized carbons (Fsp3) is 1.00. The molecule has 0 aliphatic carbocycles. The lowest BCUT2D eigenvalue weighted by Gasteiger charge is -2.30. The first-order chi connectivity index (χ1) is 6.83. The van der Waals surface area contributed by atoms with Gasteiger partial charge >= 0.3 is 0 Å². The van der Waals surface area contributed by atoms with Gasteiger partial charge in [0.2, 0.25) is 0 Å². The van der Waals surface area contributed by atoms with Crippen LogP contribution in [0.2, 0.25) is 0 Å². The molecule has 1 atom stereocenters. The van der Waals surface area contributed by atoms with Gasteiger partial charge in [0.1, 0.15) is 0 Å². The van der Waals surface area contributed by atoms with Gasteiger partial charge in [0.15, 0.2) is 0 Å². The first kappa shape index (κ1) is 12.0. The zero-order valence-electron chi connectivity index (χ0n) is 10.1. The Labute approximate surface area is 89.9 Å². The van der Waals surface area contributed by atoms with Crippen molar-refractivity contribution in [3.05, 3.63) is 0 Å². The van der Waals surface area contributed by atoms with Crippen LogP contribution in [0.25, 0.3) is 0 Å². The van der Waals surface area contributed by atoms with Gasteiger partial charge in [-0.1, -0.05) is 39.5 Å². The van der Waals surface area contributed by atoms with E-state index >= 15 is 0 Å². The standard InChI is InChI=1S/C13H27N/c1-3-4-5-6-7-10-14-11-8-9-13(2)12-14/h13H,3-12H2,1-2H3. The van der Waals surface area contributed by atoms with Crippen molar-refractivity contribution in [2.75, 3.05) is 19.6 Å². The molecule has 0 aromatic heterocycles. The smallest absolute Gasteiger partial charge is 0.000703 e. The minimum Gasteiger partial charge on any atom is -0.303 e. The highest BCUT2D eigenvalue weighted by molar-refractivity contribution is 4.69. The van der Waals surface area contributed by atoms with Crippen molar-refractivity contribution in [3.8, 4) is 0 Å². The number of hydrogen-bond donors (Lipinski definition) is 0. The van der Waals surface area contributed by atoms with Gasteiger partial charge in [0, 0.05) is 6.54 Å². The average molecular weight is 197 g/mol. The lowest BCUT2D eigenvalue weighted by molar-refractivity contribution is 0.180. The molecule has 0 aromatic carbocycles. The van der Waals surface area contributed by atoms with Crippen molar-refractivity contribution in [2.45, 2.75) is 58.8 Å². The predicted molar refractivity (Wildman–Crippen MR) is 63.6 cm³/mol. The summed E-state index contributed by atoms with van der Waals surface area (Å²) in [4.78, 5) is 2.67. The van der Waals surface area contributed by atoms with Crippen LogP contribution in [-0.4, -0.2) is 24.5 Å². The molecule has 0 saturated carbocycles. The zero-order chi connectivity index (χ0) is 10.2. The van der Waals surface area contributed by atoms with Crippen LogP contribution in [0, 0.1) is 5.92 Å². The average Bonchev–Trinajstić information content (AvgIpc) is 2.18. The highest BCUT2D eigenvalue weighted by atomic mass is 15.1. The number of rotatable bonds is 6. The molecule has 0 amide bonds. The van der Waals surface area contributed by atoms with Gasteiger partial charge in [-0.25, -0.2) is 0 Å². The Morgan fingerprint density at radius 3 is 2.64 bits per heavy atom. The summed E-state index contributed by atoms with van der Waals surface area (Å²) < 4.78 is 0. The lowest BCUT2D eigenvalue weighted by atomic mass is 10.00. The topological polar surface area (TPSA) is 3.24 Å². The van der Waals surface area contributed by atoms with Crippen molar-refractivity contribution in [2.24, 2.45) is 5.92 Å². The number of nitrogens with zero attached hydrogens (tertiary/aromatic N) is 1. The number of hydrogen-bond acceptors (Lipinski definition) is 1. The maximum absolute atomic E-state index is 2.67. The third-order valence-electron chi connectivity index (χ3n) is 3.32. The van der Waals surface area contributed by atoms with Crippen molar-refractivity contribution in [1.29, 1.82) is 0 Å². The van der Waals surface area contributed by atoms with E-state index in [1.165, 1.54) is 64.6 Å². The molecule has 84 valence electrons. The monoisotopic (exact) mass is 197 g/mol. The van der Waals surface area contributed by atoms with Crippen LogP contribution in [0.5, 0.6) is 0 Å². The Morgan fingerprint density at radius 2 is 1.93 bits per heavy atom. The molecule has 1 saturated heterocycles. The molecule has 1 fully saturated rings. The molecule has 1 rings (SSSR count). The molecule has 0 spiro atoms. The van der Waals surface area contributed by atoms with Crippen LogP contribution in [0.1, 0.15) is 58.8 Å². The molecule has 1 heteroatoms. The normalized spacial score (nSPS) is 24.0. The third-order valence-corrected chi connectivity index (χ3v) is 3.32. The Kier molecular flexibility index (Phi) is 6.25. The Balaban J connectivity index is 1.95. The zero-order valence-corrected chi connectivity index (χ0v) is 10.1. The van der Waals surface area contributed by atoms with Crippen LogP contribution in [0.3, 0.4) is 0 Å². The highest BCUT2D eigenvalue weighted by Crippen LogP contribution is 2.16. The van der Waals surface area contributed by atoms with Gasteiger partial charge in [-0.2, -0.15) is 0 Å². The maximum atomic E-state index is 2.67. The lowest BCUT2D eigenvalue weighted by Crippen LogP contribution is -2.34. The first-order valence-electron chi connectivity index (χ1n) is 6.55. The number of piperidine rings is 1. The fourth-order valence-corrected chi connectivity index (χ4v) is 2.43. The van der Waals surface area contributed by atoms with Gasteiger partial charge in [-0.3, -0.25) is 0 Å². The van der Waals surface area contributed by atoms with Crippen molar-refractivity contribution in [1.82, 2.24) is 4.90 Å². The van der Waals surface area contributed by atoms with E-state index in [4.69, 9.17) is 0 Å². The fourth-order valence-electron chi connectivity index (χ4n) is 2.43. The molecule has 0 N–H and O–H groups in total. The van der Waals surface area contributed by atoms with Crippen LogP contribution in [0.4, 0.5) is 0 Å². The molecule has 0 bridgehead atoms. The summed E-state index contributed by atoms with van der Waals surface area (Å²) in [5.74, 6) is 0.944. The maximum Gasteiger partial charge on any atom is 0.000703 e. The summed E-state index contributed by atoms with van der Waals surface area (Å²) in [5.41, 5.74) is 0. The summed E-state index contributed by atoms with van der Waals surface area (Å²) in [6.07, 6.45) is 9.98. The summed E-state index contributed by atoms with van der Waals surface area (Å²) in [6, 6.07) is 0. The molecular weight excluding hydrogens is 170 g/mol. The highest BCUT2D eigenvalue weighted by Gasteiger charge is 2.14. The first-order valence-corrected chi connectivity index (χ1v) is 6.55. The van der Waals surface area contributed by atoms with E-state index in [2.05, 4.69) is 18.7 Å². The minimum atomic E-state index is 0.944. The van der Waals surface area contributed by atoms with Crippen LogP contribution in [-0.2, 0) is 0 Å². The van der Waals surface area contributed by atoms with Gasteiger partial charge in [-0.05, 0) is 38.3 Å². The Hall–Kier alpha value is -0.0400. The van der Waals surface area contributed by atoms with E-state index in [9.17, 15) is 0 Å². The van der Waals surface area contributed by atoms with E-state index in [-0.39, 0.29) is 0 Å². The quantitative estimate of drug-likeness (QED) is 0.587. The van der Waals surface area contributed by atoms with Crippen molar-refractivity contribution in [3.63, 3.8) is 0 Å². The largest absolute Gasteiger partial charge is 0.303 e. The summed E-state index contributed by atoms with van der Waals surface area (Å²) in [6.45, 7) is 8.75. The van der Waals surface area contributed by atoms with E-state index < -0.39 is 0 Å². The SMILES string of the molecule is CCCCCCCN1CCCC(C)C1. The second-order valence-electron chi connectivity index (χ2n) is 4.96. The van der Waals surface area contributed by atoms with Crippen LogP contribution in [0.15, 0.2) is 0 Å². The molecular formula is C13H27N. The molecule has 1 aliphatic rings. The van der Waals surface area contributed by atoms with Gasteiger partial charge < -0.3 is 4.90 Å². The Morgan fingerprint density at radius 1 is 1.14 bits per heavy atom. The van der Waals surface area contributed by atoms with E-state index in [0.717, 1.165) is 5.92 Å². The van der Waals surface area contributed by atoms with Gasteiger partial charge in [0.25, 0.3) is 0 Å². The van der Waals surface area contributed by atoms with E-state index in [1.807, 2.05) is 0 Å². The van der Waals surface area contributed by atoms with Gasteiger partial charge in [-0.15, -0.1) is 0 Å². The summed E-state index contributed by atoms with van der Waals surface area (Å²) in [7, 11) is 0. The van der Waals surface area contributed by atoms with Gasteiger partial charge in [0.05, 0.1) is 0 Å². The summed E-state index contributed by atoms with van der Waals surface area (Å²) in [5, 5.41) is 0. The van der Waals surface area contributed by atoms with E-state index in [0.29, 0.717) is 0 Å². The Bertz CT molecular complexity index is 133. The second kappa shape index (κ2) is 7.28. The molecule has 1 unspecified atom stereocenters. The molecule has 1 nitrogen and oxygen atoms in total. The third kappa shape index (κ3) is 4.99. The molecule has 0 aromatic rings. The van der Waals surface area contributed by atoms with Crippen LogP contribution >= 0.6 is 0 Å². The number of unbranched alkanes of at least 4 members (excludes halogenated alkanes) is 4. The molecule has 1 heterocycles. The van der Waals surface area contributed by atoms with E-state index in [1.54, 1.807) is 0 Å². The van der Waals surface area contributed by atoms with Crippen molar-refractivity contribution >= 4 is 0 Å². The minimum absolute atomic E-state index is 0.944. The van der Waals surface area contributed by atoms with Crippen LogP contribution < -0.4 is 0 Å². The second-order valence-corrected chi connectivity index (χ2v) is 4.96. The molecule has 0 radical (unpaired) electrons. The number of likely N-dealkylation sites (tertiary alicyclic amines) is 1. The molecule has 14 heavy (non-hydrogen) atoms. The predicted octanol–water partition coefficient (Wildman–Crippen LogP) is 3.69. The summed E-state index contributed by atoms with van der Waals surface area (Å²) >= 11 is 0. The molecule has 1 aliphatic heterocycles.